The van der Waals surface area contributed by atoms with Gasteiger partial charge in [0, 0.05) is 23.0 Å². The smallest absolute Gasteiger partial charge is 0.119 e. The Hall–Kier alpha value is -2.75. The molecule has 0 aliphatic heterocycles. The van der Waals surface area contributed by atoms with Gasteiger partial charge in [0.15, 0.2) is 0 Å². The highest BCUT2D eigenvalue weighted by atomic mass is 35.5. The van der Waals surface area contributed by atoms with Gasteiger partial charge < -0.3 is 14.6 Å². The van der Waals surface area contributed by atoms with Crippen LogP contribution in [0.1, 0.15) is 13.8 Å². The molecule has 0 aliphatic carbocycles. The van der Waals surface area contributed by atoms with Crippen LogP contribution in [0.3, 0.4) is 0 Å². The van der Waals surface area contributed by atoms with Crippen molar-refractivity contribution in [2.24, 2.45) is 0 Å². The van der Waals surface area contributed by atoms with E-state index < -0.39 is 0 Å². The van der Waals surface area contributed by atoms with Crippen molar-refractivity contribution in [3.05, 3.63) is 78.9 Å². The summed E-state index contributed by atoms with van der Waals surface area (Å²) in [6.07, 6.45) is 0. The zero-order valence-electron chi connectivity index (χ0n) is 17.6. The predicted octanol–water partition coefficient (Wildman–Crippen LogP) is 6.64. The first kappa shape index (κ1) is 21.9. The van der Waals surface area contributed by atoms with Gasteiger partial charge >= 0.3 is 0 Å². The lowest BCUT2D eigenvalue weighted by atomic mass is 9.98. The number of fused-ring (bicyclic) bond motifs is 1. The summed E-state index contributed by atoms with van der Waals surface area (Å²) in [5, 5.41) is 1.24. The topological polar surface area (TPSA) is 28.3 Å². The Kier molecular flexibility index (Phi) is 7.56. The molecule has 156 valence electrons. The molecule has 0 saturated carbocycles. The minimum absolute atomic E-state index is 0. The minimum atomic E-state index is 0. The van der Waals surface area contributed by atoms with E-state index in [0.717, 1.165) is 36.6 Å². The molecule has 1 heterocycles. The van der Waals surface area contributed by atoms with Gasteiger partial charge in [0.25, 0.3) is 0 Å². The minimum Gasteiger partial charge on any atom is -0.492 e. The fourth-order valence-corrected chi connectivity index (χ4v) is 3.81. The highest BCUT2D eigenvalue weighted by molar-refractivity contribution is 6.03. The van der Waals surface area contributed by atoms with Crippen LogP contribution in [-0.2, 0) is 0 Å². The normalized spacial score (nSPS) is 10.9. The van der Waals surface area contributed by atoms with E-state index in [2.05, 4.69) is 103 Å². The van der Waals surface area contributed by atoms with Crippen LogP contribution in [0.25, 0.3) is 33.3 Å². The summed E-state index contributed by atoms with van der Waals surface area (Å²) in [5.41, 5.74) is 5.93. The molecule has 1 aromatic heterocycles. The molecule has 4 rings (SSSR count). The maximum absolute atomic E-state index is 5.97. The molecule has 0 amide bonds. The second-order valence-electron chi connectivity index (χ2n) is 7.19. The number of nitrogens with zero attached hydrogens (tertiary/aromatic N) is 1. The lowest BCUT2D eigenvalue weighted by molar-refractivity contribution is 0.223. The lowest BCUT2D eigenvalue weighted by Crippen LogP contribution is -2.27. The number of para-hydroxylation sites is 1. The van der Waals surface area contributed by atoms with E-state index in [-0.39, 0.29) is 12.4 Å². The molecule has 0 unspecified atom stereocenters. The fraction of sp³-hybridized carbons (Fsp3) is 0.231. The highest BCUT2D eigenvalue weighted by Gasteiger charge is 2.14. The molecule has 4 aromatic rings. The third kappa shape index (κ3) is 4.69. The van der Waals surface area contributed by atoms with Crippen LogP contribution in [0, 0.1) is 0 Å². The Bertz CT molecular complexity index is 1050. The molecule has 3 nitrogen and oxygen atoms in total. The number of rotatable bonds is 8. The first-order valence-electron chi connectivity index (χ1n) is 10.4. The van der Waals surface area contributed by atoms with Crippen molar-refractivity contribution in [3.63, 3.8) is 0 Å². The van der Waals surface area contributed by atoms with E-state index in [1.165, 1.54) is 22.1 Å². The Labute approximate surface area is 185 Å². The van der Waals surface area contributed by atoms with Crippen LogP contribution < -0.4 is 4.74 Å². The molecule has 0 bridgehead atoms. The summed E-state index contributed by atoms with van der Waals surface area (Å²) < 4.78 is 5.97. The summed E-state index contributed by atoms with van der Waals surface area (Å²) in [6, 6.07) is 27.5. The zero-order valence-corrected chi connectivity index (χ0v) is 18.4. The summed E-state index contributed by atoms with van der Waals surface area (Å²) in [7, 11) is 0. The van der Waals surface area contributed by atoms with E-state index in [4.69, 9.17) is 4.74 Å². The quantitative estimate of drug-likeness (QED) is 0.346. The third-order valence-corrected chi connectivity index (χ3v) is 5.48. The number of aromatic nitrogens is 1. The summed E-state index contributed by atoms with van der Waals surface area (Å²) >= 11 is 0. The van der Waals surface area contributed by atoms with Crippen LogP contribution >= 0.6 is 12.4 Å². The number of halogens is 1. The number of ether oxygens (including phenoxy) is 1. The van der Waals surface area contributed by atoms with Crippen molar-refractivity contribution in [3.8, 4) is 28.1 Å². The van der Waals surface area contributed by atoms with Crippen molar-refractivity contribution >= 4 is 23.3 Å². The number of likely N-dealkylation sites (N-methyl/N-ethyl adjacent to an activating group) is 1. The molecular weight excluding hydrogens is 392 g/mol. The van der Waals surface area contributed by atoms with Crippen molar-refractivity contribution in [2.75, 3.05) is 26.2 Å². The maximum Gasteiger partial charge on any atom is 0.119 e. The van der Waals surface area contributed by atoms with Crippen molar-refractivity contribution in [1.29, 1.82) is 0 Å². The second kappa shape index (κ2) is 10.3. The number of hydrogen-bond acceptors (Lipinski definition) is 2. The third-order valence-electron chi connectivity index (χ3n) is 5.48. The van der Waals surface area contributed by atoms with E-state index in [1.807, 2.05) is 0 Å². The van der Waals surface area contributed by atoms with E-state index >= 15 is 0 Å². The number of H-pyrrole nitrogens is 1. The average molecular weight is 421 g/mol. The summed E-state index contributed by atoms with van der Waals surface area (Å²) in [5.74, 6) is 0.919. The fourth-order valence-electron chi connectivity index (χ4n) is 3.81. The first-order chi connectivity index (χ1) is 14.3. The number of hydrogen-bond donors (Lipinski definition) is 1. The van der Waals surface area contributed by atoms with Crippen LogP contribution in [0.15, 0.2) is 78.9 Å². The molecule has 1 N–H and O–H groups in total. The highest BCUT2D eigenvalue weighted by Crippen LogP contribution is 2.38. The number of aromatic amines is 1. The van der Waals surface area contributed by atoms with Gasteiger partial charge in [-0.2, -0.15) is 0 Å². The van der Waals surface area contributed by atoms with E-state index in [0.29, 0.717) is 6.61 Å². The van der Waals surface area contributed by atoms with Gasteiger partial charge in [-0.25, -0.2) is 0 Å². The monoisotopic (exact) mass is 420 g/mol. The first-order valence-corrected chi connectivity index (χ1v) is 10.4. The molecule has 0 atom stereocenters. The number of nitrogens with one attached hydrogen (secondary N) is 1. The van der Waals surface area contributed by atoms with E-state index in [9.17, 15) is 0 Å². The van der Waals surface area contributed by atoms with Crippen LogP contribution in [0.4, 0.5) is 0 Å². The van der Waals surface area contributed by atoms with Crippen molar-refractivity contribution in [1.82, 2.24) is 9.88 Å². The van der Waals surface area contributed by atoms with Gasteiger partial charge in [0.05, 0.1) is 5.69 Å². The molecule has 0 spiro atoms. The Balaban J connectivity index is 0.00000256. The molecule has 4 heteroatoms. The standard InChI is InChI=1S/C26H28N2O.ClH/c1-3-28(4-2)18-19-29-22-16-14-20(15-17-22)25-23-12-8-9-13-24(23)27-26(25)21-10-6-5-7-11-21;/h5-17,27H,3-4,18-19H2,1-2H3;1H. The van der Waals surface area contributed by atoms with Gasteiger partial charge in [-0.15, -0.1) is 12.4 Å². The lowest BCUT2D eigenvalue weighted by Gasteiger charge is -2.18. The molecule has 0 radical (unpaired) electrons. The van der Waals surface area contributed by atoms with Crippen LogP contribution in [0.2, 0.25) is 0 Å². The maximum atomic E-state index is 5.97. The van der Waals surface area contributed by atoms with Gasteiger partial charge in [0.2, 0.25) is 0 Å². The molecule has 0 fully saturated rings. The van der Waals surface area contributed by atoms with Crippen LogP contribution in [0.5, 0.6) is 5.75 Å². The average Bonchev–Trinajstić information content (AvgIpc) is 3.17. The summed E-state index contributed by atoms with van der Waals surface area (Å²) in [6.45, 7) is 8.15. The van der Waals surface area contributed by atoms with Gasteiger partial charge in [-0.1, -0.05) is 74.5 Å². The van der Waals surface area contributed by atoms with Gasteiger partial charge in [-0.3, -0.25) is 0 Å². The molecular formula is C26H29ClN2O. The molecule has 0 saturated heterocycles. The second-order valence-corrected chi connectivity index (χ2v) is 7.19. The van der Waals surface area contributed by atoms with Crippen LogP contribution in [-0.4, -0.2) is 36.1 Å². The van der Waals surface area contributed by atoms with E-state index in [1.54, 1.807) is 0 Å². The largest absolute Gasteiger partial charge is 0.492 e. The molecule has 30 heavy (non-hydrogen) atoms. The number of benzene rings is 3. The van der Waals surface area contributed by atoms with Crippen molar-refractivity contribution in [2.45, 2.75) is 13.8 Å². The Morgan fingerprint density at radius 1 is 0.767 bits per heavy atom. The summed E-state index contributed by atoms with van der Waals surface area (Å²) in [4.78, 5) is 5.98. The van der Waals surface area contributed by atoms with Crippen molar-refractivity contribution < 1.29 is 4.74 Å². The van der Waals surface area contributed by atoms with Gasteiger partial charge in [0.1, 0.15) is 12.4 Å². The predicted molar refractivity (Wildman–Crippen MR) is 130 cm³/mol. The Morgan fingerprint density at radius 3 is 2.13 bits per heavy atom. The zero-order chi connectivity index (χ0) is 20.1. The SMILES string of the molecule is CCN(CC)CCOc1ccc(-c2c(-c3ccccc3)[nH]c3ccccc23)cc1.Cl. The molecule has 0 aliphatic rings. The van der Waals surface area contributed by atoms with Gasteiger partial charge in [-0.05, 0) is 42.4 Å². The Morgan fingerprint density at radius 2 is 1.43 bits per heavy atom. The molecule has 3 aromatic carbocycles.